The third kappa shape index (κ3) is 3.28. The molecule has 4 nitrogen and oxygen atoms in total. The molecule has 4 heteroatoms. The number of nitrogens with zero attached hydrogens (tertiary/aromatic N) is 1. The van der Waals surface area contributed by atoms with Crippen LogP contribution in [0.1, 0.15) is 16.7 Å². The molecule has 2 rings (SSSR count). The molecule has 0 saturated heterocycles. The van der Waals surface area contributed by atoms with Crippen molar-refractivity contribution in [1.82, 2.24) is 0 Å². The second-order valence-corrected chi connectivity index (χ2v) is 4.29. The fourth-order valence-electron chi connectivity index (χ4n) is 1.86. The minimum atomic E-state index is 0.396. The summed E-state index contributed by atoms with van der Waals surface area (Å²) in [6, 6.07) is 15.2. The van der Waals surface area contributed by atoms with E-state index in [0.717, 1.165) is 16.9 Å². The summed E-state index contributed by atoms with van der Waals surface area (Å²) in [5, 5.41) is 9.04. The van der Waals surface area contributed by atoms with Crippen LogP contribution in [0.15, 0.2) is 42.5 Å². The van der Waals surface area contributed by atoms with Crippen molar-refractivity contribution in [3.63, 3.8) is 0 Å². The van der Waals surface area contributed by atoms with Crippen LogP contribution in [0.25, 0.3) is 0 Å². The third-order valence-corrected chi connectivity index (χ3v) is 2.92. The van der Waals surface area contributed by atoms with Crippen LogP contribution in [0.2, 0.25) is 0 Å². The first-order chi connectivity index (χ1) is 9.76. The molecule has 0 atom stereocenters. The molecule has 0 aliphatic rings. The van der Waals surface area contributed by atoms with Crippen molar-refractivity contribution in [2.75, 3.05) is 7.11 Å². The third-order valence-electron chi connectivity index (χ3n) is 2.92. The maximum absolute atomic E-state index is 9.04. The second-order valence-electron chi connectivity index (χ2n) is 4.29. The Morgan fingerprint density at radius 1 is 1.15 bits per heavy atom. The Kier molecular flexibility index (Phi) is 4.59. The highest BCUT2D eigenvalue weighted by Crippen LogP contribution is 2.20. The molecule has 0 fully saturated rings. The van der Waals surface area contributed by atoms with E-state index in [-0.39, 0.29) is 0 Å². The summed E-state index contributed by atoms with van der Waals surface area (Å²) < 4.78 is 10.8. The van der Waals surface area contributed by atoms with E-state index in [2.05, 4.69) is 6.07 Å². The van der Waals surface area contributed by atoms with Gasteiger partial charge in [-0.25, -0.2) is 0 Å². The van der Waals surface area contributed by atoms with Crippen LogP contribution in [0, 0.1) is 11.3 Å². The molecule has 0 aliphatic heterocycles. The van der Waals surface area contributed by atoms with Gasteiger partial charge in [0.25, 0.3) is 0 Å². The van der Waals surface area contributed by atoms with Crippen LogP contribution in [0.4, 0.5) is 0 Å². The topological polar surface area (TPSA) is 68.3 Å². The Balaban J connectivity index is 2.09. The molecule has 0 amide bonds. The van der Waals surface area contributed by atoms with Gasteiger partial charge in [-0.05, 0) is 35.4 Å². The Bertz CT molecular complexity index is 633. The van der Waals surface area contributed by atoms with E-state index in [1.54, 1.807) is 19.2 Å². The zero-order chi connectivity index (χ0) is 14.4. The summed E-state index contributed by atoms with van der Waals surface area (Å²) >= 11 is 0. The summed E-state index contributed by atoms with van der Waals surface area (Å²) in [5.74, 6) is 1.34. The van der Waals surface area contributed by atoms with Gasteiger partial charge in [0.1, 0.15) is 24.2 Å². The van der Waals surface area contributed by atoms with Crippen molar-refractivity contribution in [2.24, 2.45) is 5.73 Å². The summed E-state index contributed by atoms with van der Waals surface area (Å²) in [6.07, 6.45) is 0. The predicted octanol–water partition coefficient (Wildman–Crippen LogP) is 2.60. The highest BCUT2D eigenvalue weighted by Gasteiger charge is 2.04. The van der Waals surface area contributed by atoms with Crippen LogP contribution < -0.4 is 15.2 Å². The maximum atomic E-state index is 9.04. The van der Waals surface area contributed by atoms with Gasteiger partial charge in [-0.15, -0.1) is 0 Å². The molecule has 0 heterocycles. The number of nitrogens with two attached hydrogens (primary N) is 1. The predicted molar refractivity (Wildman–Crippen MR) is 76.4 cm³/mol. The van der Waals surface area contributed by atoms with Gasteiger partial charge in [0, 0.05) is 6.54 Å². The molecule has 2 aromatic rings. The van der Waals surface area contributed by atoms with Crippen LogP contribution in [0.3, 0.4) is 0 Å². The molecule has 0 unspecified atom stereocenters. The Labute approximate surface area is 118 Å². The van der Waals surface area contributed by atoms with Gasteiger partial charge >= 0.3 is 0 Å². The lowest BCUT2D eigenvalue weighted by atomic mass is 10.1. The fourth-order valence-corrected chi connectivity index (χ4v) is 1.86. The van der Waals surface area contributed by atoms with E-state index in [0.29, 0.717) is 24.5 Å². The Morgan fingerprint density at radius 3 is 2.70 bits per heavy atom. The summed E-state index contributed by atoms with van der Waals surface area (Å²) in [4.78, 5) is 0. The zero-order valence-electron chi connectivity index (χ0n) is 11.3. The SMILES string of the molecule is COc1ccc(COc2cccc(CN)c2)cc1C#N. The van der Waals surface area contributed by atoms with Crippen LogP contribution in [-0.2, 0) is 13.2 Å². The number of rotatable bonds is 5. The van der Waals surface area contributed by atoms with Crippen molar-refractivity contribution in [1.29, 1.82) is 5.26 Å². The minimum absolute atomic E-state index is 0.396. The van der Waals surface area contributed by atoms with Gasteiger partial charge in [-0.2, -0.15) is 5.26 Å². The van der Waals surface area contributed by atoms with E-state index in [9.17, 15) is 0 Å². The lowest BCUT2D eigenvalue weighted by Crippen LogP contribution is -1.99. The van der Waals surface area contributed by atoms with Crippen molar-refractivity contribution >= 4 is 0 Å². The van der Waals surface area contributed by atoms with Gasteiger partial charge in [0.15, 0.2) is 0 Å². The van der Waals surface area contributed by atoms with E-state index >= 15 is 0 Å². The van der Waals surface area contributed by atoms with Crippen molar-refractivity contribution in [2.45, 2.75) is 13.2 Å². The monoisotopic (exact) mass is 268 g/mol. The number of ether oxygens (including phenoxy) is 2. The zero-order valence-corrected chi connectivity index (χ0v) is 11.3. The molecule has 0 aromatic heterocycles. The molecule has 0 spiro atoms. The molecule has 0 aliphatic carbocycles. The molecule has 20 heavy (non-hydrogen) atoms. The first kappa shape index (κ1) is 13.9. The van der Waals surface area contributed by atoms with E-state index in [1.807, 2.05) is 30.3 Å². The number of hydrogen-bond donors (Lipinski definition) is 1. The van der Waals surface area contributed by atoms with Crippen LogP contribution in [-0.4, -0.2) is 7.11 Å². The van der Waals surface area contributed by atoms with Crippen LogP contribution >= 0.6 is 0 Å². The molecular weight excluding hydrogens is 252 g/mol. The number of hydrogen-bond acceptors (Lipinski definition) is 4. The van der Waals surface area contributed by atoms with Gasteiger partial charge in [-0.3, -0.25) is 0 Å². The summed E-state index contributed by atoms with van der Waals surface area (Å²) in [7, 11) is 1.55. The first-order valence-electron chi connectivity index (χ1n) is 6.25. The number of benzene rings is 2. The number of nitriles is 1. The second kappa shape index (κ2) is 6.60. The molecule has 0 bridgehead atoms. The average molecular weight is 268 g/mol. The quantitative estimate of drug-likeness (QED) is 0.905. The van der Waals surface area contributed by atoms with E-state index in [1.165, 1.54) is 0 Å². The van der Waals surface area contributed by atoms with Crippen molar-refractivity contribution < 1.29 is 9.47 Å². The van der Waals surface area contributed by atoms with E-state index < -0.39 is 0 Å². The largest absolute Gasteiger partial charge is 0.495 e. The van der Waals surface area contributed by atoms with Gasteiger partial charge < -0.3 is 15.2 Å². The molecule has 0 saturated carbocycles. The molecule has 2 N–H and O–H groups in total. The Morgan fingerprint density at radius 2 is 2.00 bits per heavy atom. The summed E-state index contributed by atoms with van der Waals surface area (Å²) in [6.45, 7) is 0.880. The highest BCUT2D eigenvalue weighted by atomic mass is 16.5. The van der Waals surface area contributed by atoms with Crippen molar-refractivity contribution in [3.8, 4) is 17.6 Å². The van der Waals surface area contributed by atoms with Crippen molar-refractivity contribution in [3.05, 3.63) is 59.2 Å². The minimum Gasteiger partial charge on any atom is -0.495 e. The molecule has 0 radical (unpaired) electrons. The lowest BCUT2D eigenvalue weighted by molar-refractivity contribution is 0.305. The first-order valence-corrected chi connectivity index (χ1v) is 6.25. The van der Waals surface area contributed by atoms with Gasteiger partial charge in [-0.1, -0.05) is 18.2 Å². The van der Waals surface area contributed by atoms with E-state index in [4.69, 9.17) is 20.5 Å². The number of methoxy groups -OCH3 is 1. The lowest BCUT2D eigenvalue weighted by Gasteiger charge is -2.09. The maximum Gasteiger partial charge on any atom is 0.136 e. The average Bonchev–Trinajstić information content (AvgIpc) is 2.52. The highest BCUT2D eigenvalue weighted by molar-refractivity contribution is 5.45. The Hall–Kier alpha value is -2.51. The molecule has 102 valence electrons. The summed E-state index contributed by atoms with van der Waals surface area (Å²) in [5.41, 5.74) is 8.03. The fraction of sp³-hybridized carbons (Fsp3) is 0.188. The normalized spacial score (nSPS) is 9.85. The standard InChI is InChI=1S/C16H16N2O2/c1-19-16-6-5-13(7-14(16)10-18)11-20-15-4-2-3-12(8-15)9-17/h2-8H,9,11,17H2,1H3. The molecule has 2 aromatic carbocycles. The smallest absolute Gasteiger partial charge is 0.136 e. The van der Waals surface area contributed by atoms with Gasteiger partial charge in [0.05, 0.1) is 12.7 Å². The van der Waals surface area contributed by atoms with Crippen LogP contribution in [0.5, 0.6) is 11.5 Å². The molecular formula is C16H16N2O2. The van der Waals surface area contributed by atoms with Gasteiger partial charge in [0.2, 0.25) is 0 Å².